The second kappa shape index (κ2) is 8.09. The van der Waals surface area contributed by atoms with Crippen LogP contribution >= 0.6 is 0 Å². The summed E-state index contributed by atoms with van der Waals surface area (Å²) in [6.45, 7) is 5.79. The molecule has 0 radical (unpaired) electrons. The standard InChI is InChI=1S/C14H24N4O3/c1-3-18-13(15-11-16-18)10-17(7-6-14(19)20-2)9-12-5-4-8-21-12/h11-12H,3-10H2,1-2H3. The van der Waals surface area contributed by atoms with Gasteiger partial charge in [0.05, 0.1) is 26.2 Å². The number of methoxy groups -OCH3 is 1. The van der Waals surface area contributed by atoms with Crippen LogP contribution in [0.3, 0.4) is 0 Å². The van der Waals surface area contributed by atoms with Crippen LogP contribution in [0.25, 0.3) is 0 Å². The van der Waals surface area contributed by atoms with E-state index in [1.54, 1.807) is 6.33 Å². The molecule has 1 aliphatic heterocycles. The van der Waals surface area contributed by atoms with Crippen molar-refractivity contribution < 1.29 is 14.3 Å². The Labute approximate surface area is 125 Å². The van der Waals surface area contributed by atoms with E-state index in [-0.39, 0.29) is 12.1 Å². The summed E-state index contributed by atoms with van der Waals surface area (Å²) in [5.74, 6) is 0.727. The number of hydrogen-bond donors (Lipinski definition) is 0. The van der Waals surface area contributed by atoms with Gasteiger partial charge in [0, 0.05) is 26.2 Å². The van der Waals surface area contributed by atoms with Crippen LogP contribution in [0.5, 0.6) is 0 Å². The Hall–Kier alpha value is -1.47. The molecule has 0 spiro atoms. The van der Waals surface area contributed by atoms with Gasteiger partial charge in [-0.05, 0) is 19.8 Å². The van der Waals surface area contributed by atoms with Gasteiger partial charge in [0.2, 0.25) is 0 Å². The van der Waals surface area contributed by atoms with E-state index in [1.165, 1.54) is 7.11 Å². The minimum absolute atomic E-state index is 0.190. The van der Waals surface area contributed by atoms with Crippen LogP contribution in [0.2, 0.25) is 0 Å². The van der Waals surface area contributed by atoms with E-state index in [1.807, 2.05) is 11.6 Å². The lowest BCUT2D eigenvalue weighted by molar-refractivity contribution is -0.141. The summed E-state index contributed by atoms with van der Waals surface area (Å²) in [7, 11) is 1.42. The van der Waals surface area contributed by atoms with Gasteiger partial charge in [-0.2, -0.15) is 5.10 Å². The first-order chi connectivity index (χ1) is 10.2. The summed E-state index contributed by atoms with van der Waals surface area (Å²) in [4.78, 5) is 17.9. The molecular weight excluding hydrogens is 272 g/mol. The molecule has 1 aromatic rings. The van der Waals surface area contributed by atoms with Crippen molar-refractivity contribution in [3.8, 4) is 0 Å². The van der Waals surface area contributed by atoms with Crippen molar-refractivity contribution in [2.45, 2.75) is 45.4 Å². The minimum atomic E-state index is -0.190. The fourth-order valence-corrected chi connectivity index (χ4v) is 2.54. The fraction of sp³-hybridized carbons (Fsp3) is 0.786. The fourth-order valence-electron chi connectivity index (χ4n) is 2.54. The van der Waals surface area contributed by atoms with Crippen molar-refractivity contribution >= 4 is 5.97 Å². The molecule has 0 N–H and O–H groups in total. The normalized spacial score (nSPS) is 18.3. The number of aryl methyl sites for hydroxylation is 1. The zero-order valence-electron chi connectivity index (χ0n) is 12.8. The summed E-state index contributed by atoms with van der Waals surface area (Å²) in [6, 6.07) is 0. The molecule has 0 bridgehead atoms. The second-order valence-corrected chi connectivity index (χ2v) is 5.19. The third kappa shape index (κ3) is 4.78. The predicted molar refractivity (Wildman–Crippen MR) is 76.6 cm³/mol. The second-order valence-electron chi connectivity index (χ2n) is 5.19. The highest BCUT2D eigenvalue weighted by Gasteiger charge is 2.21. The maximum absolute atomic E-state index is 11.4. The Balaban J connectivity index is 1.94. The lowest BCUT2D eigenvalue weighted by Gasteiger charge is -2.24. The van der Waals surface area contributed by atoms with Gasteiger partial charge < -0.3 is 9.47 Å². The number of rotatable bonds is 8. The van der Waals surface area contributed by atoms with Crippen molar-refractivity contribution in [2.75, 3.05) is 26.8 Å². The first-order valence-corrected chi connectivity index (χ1v) is 7.50. The van der Waals surface area contributed by atoms with Crippen LogP contribution < -0.4 is 0 Å². The van der Waals surface area contributed by atoms with E-state index in [4.69, 9.17) is 9.47 Å². The topological polar surface area (TPSA) is 69.5 Å². The SMILES string of the molecule is CCn1ncnc1CN(CCC(=O)OC)CC1CCCO1. The number of carbonyl (C=O) groups excluding carboxylic acids is 1. The molecule has 7 heteroatoms. The quantitative estimate of drug-likeness (QED) is 0.662. The molecular formula is C14H24N4O3. The van der Waals surface area contributed by atoms with Gasteiger partial charge in [0.25, 0.3) is 0 Å². The van der Waals surface area contributed by atoms with E-state index in [9.17, 15) is 4.79 Å². The predicted octanol–water partition coefficient (Wildman–Crippen LogP) is 0.842. The average molecular weight is 296 g/mol. The molecule has 2 rings (SSSR count). The minimum Gasteiger partial charge on any atom is -0.469 e. The molecule has 118 valence electrons. The Bertz CT molecular complexity index is 443. The Morgan fingerprint density at radius 1 is 1.62 bits per heavy atom. The van der Waals surface area contributed by atoms with Crippen LogP contribution in [-0.4, -0.2) is 58.5 Å². The van der Waals surface area contributed by atoms with Gasteiger partial charge in [-0.1, -0.05) is 0 Å². The highest BCUT2D eigenvalue weighted by molar-refractivity contribution is 5.69. The van der Waals surface area contributed by atoms with Crippen LogP contribution in [0.15, 0.2) is 6.33 Å². The third-order valence-electron chi connectivity index (χ3n) is 3.71. The number of hydrogen-bond acceptors (Lipinski definition) is 6. The smallest absolute Gasteiger partial charge is 0.306 e. The first-order valence-electron chi connectivity index (χ1n) is 7.50. The van der Waals surface area contributed by atoms with E-state index in [0.717, 1.165) is 38.4 Å². The van der Waals surface area contributed by atoms with Gasteiger partial charge in [0.1, 0.15) is 12.2 Å². The van der Waals surface area contributed by atoms with Gasteiger partial charge >= 0.3 is 5.97 Å². The molecule has 0 aliphatic carbocycles. The lowest BCUT2D eigenvalue weighted by atomic mass is 10.2. The van der Waals surface area contributed by atoms with Crippen LogP contribution in [0.4, 0.5) is 0 Å². The van der Waals surface area contributed by atoms with E-state index >= 15 is 0 Å². The Morgan fingerprint density at radius 3 is 3.14 bits per heavy atom. The first kappa shape index (κ1) is 15.9. The molecule has 0 amide bonds. The lowest BCUT2D eigenvalue weighted by Crippen LogP contribution is -2.34. The molecule has 1 aromatic heterocycles. The van der Waals surface area contributed by atoms with Crippen molar-refractivity contribution in [3.05, 3.63) is 12.2 Å². The van der Waals surface area contributed by atoms with Gasteiger partial charge in [-0.3, -0.25) is 9.69 Å². The monoisotopic (exact) mass is 296 g/mol. The van der Waals surface area contributed by atoms with Crippen LogP contribution in [0, 0.1) is 0 Å². The maximum Gasteiger partial charge on any atom is 0.306 e. The molecule has 7 nitrogen and oxygen atoms in total. The largest absolute Gasteiger partial charge is 0.469 e. The number of ether oxygens (including phenoxy) is 2. The third-order valence-corrected chi connectivity index (χ3v) is 3.71. The van der Waals surface area contributed by atoms with E-state index < -0.39 is 0 Å². The van der Waals surface area contributed by atoms with Crippen molar-refractivity contribution in [2.24, 2.45) is 0 Å². The van der Waals surface area contributed by atoms with Crippen LogP contribution in [0.1, 0.15) is 32.0 Å². The molecule has 21 heavy (non-hydrogen) atoms. The molecule has 0 aromatic carbocycles. The molecule has 1 fully saturated rings. The van der Waals surface area contributed by atoms with E-state index in [0.29, 0.717) is 19.5 Å². The summed E-state index contributed by atoms with van der Waals surface area (Å²) in [5, 5.41) is 4.19. The molecule has 0 saturated carbocycles. The summed E-state index contributed by atoms with van der Waals surface area (Å²) >= 11 is 0. The summed E-state index contributed by atoms with van der Waals surface area (Å²) in [6.07, 6.45) is 4.39. The van der Waals surface area contributed by atoms with Gasteiger partial charge in [-0.25, -0.2) is 9.67 Å². The zero-order chi connectivity index (χ0) is 15.1. The van der Waals surface area contributed by atoms with Gasteiger partial charge in [0.15, 0.2) is 0 Å². The van der Waals surface area contributed by atoms with E-state index in [2.05, 4.69) is 15.0 Å². The molecule has 1 saturated heterocycles. The van der Waals surface area contributed by atoms with Crippen molar-refractivity contribution in [1.29, 1.82) is 0 Å². The van der Waals surface area contributed by atoms with Gasteiger partial charge in [-0.15, -0.1) is 0 Å². The molecule has 2 heterocycles. The highest BCUT2D eigenvalue weighted by Crippen LogP contribution is 2.15. The Kier molecular flexibility index (Phi) is 6.13. The van der Waals surface area contributed by atoms with Crippen molar-refractivity contribution in [3.63, 3.8) is 0 Å². The number of aromatic nitrogens is 3. The Morgan fingerprint density at radius 2 is 2.48 bits per heavy atom. The number of carbonyl (C=O) groups is 1. The zero-order valence-corrected chi connectivity index (χ0v) is 12.8. The van der Waals surface area contributed by atoms with Crippen molar-refractivity contribution in [1.82, 2.24) is 19.7 Å². The van der Waals surface area contributed by atoms with Crippen LogP contribution in [-0.2, 0) is 27.4 Å². The summed E-state index contributed by atoms with van der Waals surface area (Å²) in [5.41, 5.74) is 0. The average Bonchev–Trinajstić information content (AvgIpc) is 3.15. The maximum atomic E-state index is 11.4. The highest BCUT2D eigenvalue weighted by atomic mass is 16.5. The number of esters is 1. The molecule has 1 unspecified atom stereocenters. The summed E-state index contributed by atoms with van der Waals surface area (Å²) < 4.78 is 12.3. The molecule has 1 aliphatic rings. The molecule has 1 atom stereocenters. The number of nitrogens with zero attached hydrogens (tertiary/aromatic N) is 4.